The predicted molar refractivity (Wildman–Crippen MR) is 81.1 cm³/mol. The zero-order chi connectivity index (χ0) is 14.2. The van der Waals surface area contributed by atoms with Crippen LogP contribution >= 0.6 is 27.5 Å². The lowest BCUT2D eigenvalue weighted by atomic mass is 9.96. The molecule has 1 atom stereocenters. The summed E-state index contributed by atoms with van der Waals surface area (Å²) in [5.74, 6) is -0.183. The lowest BCUT2D eigenvalue weighted by molar-refractivity contribution is 0.607. The van der Waals surface area contributed by atoms with E-state index in [4.69, 9.17) is 17.3 Å². The Kier molecular flexibility index (Phi) is 4.29. The average Bonchev–Trinajstić information content (AvgIpc) is 2.34. The van der Waals surface area contributed by atoms with Gasteiger partial charge in [-0.1, -0.05) is 45.7 Å². The van der Waals surface area contributed by atoms with Gasteiger partial charge in [0.25, 0.3) is 0 Å². The van der Waals surface area contributed by atoms with Gasteiger partial charge in [0, 0.05) is 9.50 Å². The average molecular weight is 343 g/mol. The molecule has 0 aliphatic rings. The summed E-state index contributed by atoms with van der Waals surface area (Å²) in [5.41, 5.74) is 9.12. The van der Waals surface area contributed by atoms with Gasteiger partial charge in [-0.05, 0) is 48.2 Å². The molecule has 1 nitrogen and oxygen atoms in total. The minimum Gasteiger partial charge on any atom is -0.320 e. The number of nitrogens with two attached hydrogens (primary N) is 1. The van der Waals surface area contributed by atoms with Crippen LogP contribution in [0.2, 0.25) is 5.02 Å². The van der Waals surface area contributed by atoms with Crippen LogP contribution in [0.1, 0.15) is 28.3 Å². The highest BCUT2D eigenvalue weighted by molar-refractivity contribution is 9.10. The lowest BCUT2D eigenvalue weighted by Crippen LogP contribution is -2.13. The van der Waals surface area contributed by atoms with Crippen LogP contribution < -0.4 is 5.73 Å². The van der Waals surface area contributed by atoms with Crippen molar-refractivity contribution in [1.82, 2.24) is 0 Å². The van der Waals surface area contributed by atoms with Gasteiger partial charge in [-0.15, -0.1) is 0 Å². The first-order valence-corrected chi connectivity index (χ1v) is 7.04. The van der Waals surface area contributed by atoms with Crippen LogP contribution in [0.25, 0.3) is 0 Å². The first-order valence-electron chi connectivity index (χ1n) is 5.87. The van der Waals surface area contributed by atoms with Gasteiger partial charge < -0.3 is 5.73 Å². The molecule has 0 radical (unpaired) electrons. The van der Waals surface area contributed by atoms with Crippen molar-refractivity contribution in [2.45, 2.75) is 19.9 Å². The van der Waals surface area contributed by atoms with Crippen molar-refractivity contribution in [3.63, 3.8) is 0 Å². The van der Waals surface area contributed by atoms with Gasteiger partial charge in [-0.2, -0.15) is 0 Å². The zero-order valence-electron chi connectivity index (χ0n) is 10.7. The molecular weight excluding hydrogens is 329 g/mol. The Labute approximate surface area is 125 Å². The second-order valence-corrected chi connectivity index (χ2v) is 5.94. The third-order valence-electron chi connectivity index (χ3n) is 3.12. The molecule has 0 spiro atoms. The Hall–Kier alpha value is -0.900. The molecular formula is C15H14BrClFN. The third-order valence-corrected chi connectivity index (χ3v) is 3.94. The van der Waals surface area contributed by atoms with Crippen molar-refractivity contribution in [1.29, 1.82) is 0 Å². The number of rotatable bonds is 2. The van der Waals surface area contributed by atoms with Crippen molar-refractivity contribution < 1.29 is 4.39 Å². The molecule has 0 amide bonds. The topological polar surface area (TPSA) is 26.0 Å². The van der Waals surface area contributed by atoms with Crippen LogP contribution in [0.4, 0.5) is 4.39 Å². The van der Waals surface area contributed by atoms with Gasteiger partial charge in [0.05, 0.1) is 6.04 Å². The molecule has 0 saturated heterocycles. The molecule has 0 aliphatic heterocycles. The summed E-state index contributed by atoms with van der Waals surface area (Å²) >= 11 is 9.56. The van der Waals surface area contributed by atoms with E-state index in [2.05, 4.69) is 15.9 Å². The minimum absolute atomic E-state index is 0.183. The van der Waals surface area contributed by atoms with E-state index in [1.807, 2.05) is 12.1 Å². The highest BCUT2D eigenvalue weighted by Crippen LogP contribution is 2.30. The summed E-state index contributed by atoms with van der Waals surface area (Å²) in [5, 5.41) is 0.599. The largest absolute Gasteiger partial charge is 0.320 e. The van der Waals surface area contributed by atoms with E-state index in [9.17, 15) is 4.39 Å². The van der Waals surface area contributed by atoms with Crippen molar-refractivity contribution >= 4 is 27.5 Å². The van der Waals surface area contributed by atoms with E-state index in [0.29, 0.717) is 16.1 Å². The molecule has 4 heteroatoms. The van der Waals surface area contributed by atoms with Gasteiger partial charge >= 0.3 is 0 Å². The van der Waals surface area contributed by atoms with E-state index in [1.54, 1.807) is 32.0 Å². The Morgan fingerprint density at radius 1 is 1.16 bits per heavy atom. The molecule has 0 bridgehead atoms. The van der Waals surface area contributed by atoms with Gasteiger partial charge in [0.15, 0.2) is 0 Å². The molecule has 0 aliphatic carbocycles. The normalized spacial score (nSPS) is 12.5. The van der Waals surface area contributed by atoms with E-state index < -0.39 is 0 Å². The molecule has 2 N–H and O–H groups in total. The van der Waals surface area contributed by atoms with Gasteiger partial charge in [-0.25, -0.2) is 4.39 Å². The third kappa shape index (κ3) is 2.99. The summed E-state index contributed by atoms with van der Waals surface area (Å²) in [4.78, 5) is 0. The highest BCUT2D eigenvalue weighted by atomic mass is 79.9. The molecule has 0 saturated carbocycles. The molecule has 2 aromatic carbocycles. The fraction of sp³-hybridized carbons (Fsp3) is 0.200. The van der Waals surface area contributed by atoms with Crippen LogP contribution in [0, 0.1) is 19.7 Å². The maximum atomic E-state index is 13.6. The number of aryl methyl sites for hydroxylation is 2. The van der Waals surface area contributed by atoms with Crippen LogP contribution in [0.5, 0.6) is 0 Å². The second-order valence-electron chi connectivity index (χ2n) is 4.61. The standard InChI is InChI=1S/C15H14BrClFN/c1-8-5-10(6-9(2)14(8)18)15(19)12-4-3-11(16)7-13(12)17/h3-7,15H,19H2,1-2H3. The molecule has 19 heavy (non-hydrogen) atoms. The molecule has 1 unspecified atom stereocenters. The van der Waals surface area contributed by atoms with Crippen molar-refractivity contribution in [3.8, 4) is 0 Å². The SMILES string of the molecule is Cc1cc(C(N)c2ccc(Br)cc2Cl)cc(C)c1F. The fourth-order valence-corrected chi connectivity index (χ4v) is 2.88. The van der Waals surface area contributed by atoms with Gasteiger partial charge in [0.2, 0.25) is 0 Å². The summed E-state index contributed by atoms with van der Waals surface area (Å²) < 4.78 is 14.5. The molecule has 100 valence electrons. The minimum atomic E-state index is -0.362. The van der Waals surface area contributed by atoms with E-state index >= 15 is 0 Å². The van der Waals surface area contributed by atoms with Crippen LogP contribution in [-0.4, -0.2) is 0 Å². The van der Waals surface area contributed by atoms with Crippen LogP contribution in [0.15, 0.2) is 34.8 Å². The summed E-state index contributed by atoms with van der Waals surface area (Å²) in [6.45, 7) is 3.48. The Balaban J connectivity index is 2.47. The molecule has 0 heterocycles. The fourth-order valence-electron chi connectivity index (χ4n) is 2.09. The molecule has 0 fully saturated rings. The van der Waals surface area contributed by atoms with Gasteiger partial charge in [0.1, 0.15) is 5.82 Å². The summed E-state index contributed by atoms with van der Waals surface area (Å²) in [7, 11) is 0. The maximum absolute atomic E-state index is 13.6. The van der Waals surface area contributed by atoms with Crippen LogP contribution in [0.3, 0.4) is 0 Å². The van der Waals surface area contributed by atoms with E-state index in [1.165, 1.54) is 0 Å². The Bertz CT molecular complexity index is 605. The monoisotopic (exact) mass is 341 g/mol. The van der Waals surface area contributed by atoms with E-state index in [0.717, 1.165) is 15.6 Å². The highest BCUT2D eigenvalue weighted by Gasteiger charge is 2.15. The maximum Gasteiger partial charge on any atom is 0.129 e. The quantitative estimate of drug-likeness (QED) is 0.825. The van der Waals surface area contributed by atoms with Crippen molar-refractivity contribution in [3.05, 3.63) is 67.9 Å². The number of benzene rings is 2. The Morgan fingerprint density at radius 2 is 1.74 bits per heavy atom. The number of hydrogen-bond acceptors (Lipinski definition) is 1. The lowest BCUT2D eigenvalue weighted by Gasteiger charge is -2.16. The second kappa shape index (κ2) is 5.61. The first kappa shape index (κ1) is 14.5. The molecule has 2 rings (SSSR count). The zero-order valence-corrected chi connectivity index (χ0v) is 13.0. The number of halogens is 3. The Morgan fingerprint density at radius 3 is 2.26 bits per heavy atom. The molecule has 0 aromatic heterocycles. The summed E-state index contributed by atoms with van der Waals surface area (Å²) in [6.07, 6.45) is 0. The smallest absolute Gasteiger partial charge is 0.129 e. The van der Waals surface area contributed by atoms with Crippen molar-refractivity contribution in [2.75, 3.05) is 0 Å². The van der Waals surface area contributed by atoms with Crippen molar-refractivity contribution in [2.24, 2.45) is 5.73 Å². The first-order chi connectivity index (χ1) is 8.90. The number of hydrogen-bond donors (Lipinski definition) is 1. The summed E-state index contributed by atoms with van der Waals surface area (Å²) in [6, 6.07) is 8.75. The van der Waals surface area contributed by atoms with E-state index in [-0.39, 0.29) is 11.9 Å². The predicted octanol–water partition coefficient (Wildman–Crippen LogP) is 4.91. The molecule has 2 aromatic rings. The van der Waals surface area contributed by atoms with Crippen LogP contribution in [-0.2, 0) is 0 Å². The van der Waals surface area contributed by atoms with Gasteiger partial charge in [-0.3, -0.25) is 0 Å².